The molecule has 2 atom stereocenters. The van der Waals surface area contributed by atoms with Crippen molar-refractivity contribution in [3.8, 4) is 0 Å². The van der Waals surface area contributed by atoms with Crippen LogP contribution in [0, 0.1) is 11.3 Å². The lowest BCUT2D eigenvalue weighted by Crippen LogP contribution is -2.27. The van der Waals surface area contributed by atoms with Crippen LogP contribution in [0.4, 0.5) is 0 Å². The molecule has 0 aromatic heterocycles. The van der Waals surface area contributed by atoms with Gasteiger partial charge in [-0.3, -0.25) is 0 Å². The fourth-order valence-electron chi connectivity index (χ4n) is 2.14. The Labute approximate surface area is 93.1 Å². The highest BCUT2D eigenvalue weighted by atomic mass is 14.6. The average Bonchev–Trinajstić information content (AvgIpc) is 2.24. The molecular weight excluding hydrogens is 182 g/mol. The lowest BCUT2D eigenvalue weighted by atomic mass is 9.69. The second-order valence-electron chi connectivity index (χ2n) is 4.40. The number of rotatable bonds is 3. The average molecular weight is 203 g/mol. The Morgan fingerprint density at radius 2 is 2.13 bits per heavy atom. The minimum atomic E-state index is 0.0249. The zero-order valence-corrected chi connectivity index (χ0v) is 10.0. The molecule has 0 aromatic carbocycles. The van der Waals surface area contributed by atoms with Crippen LogP contribution in [0.1, 0.15) is 27.2 Å². The second-order valence-corrected chi connectivity index (χ2v) is 4.40. The van der Waals surface area contributed by atoms with Gasteiger partial charge in [0.25, 0.3) is 0 Å². The van der Waals surface area contributed by atoms with Crippen molar-refractivity contribution in [3.05, 3.63) is 48.2 Å². The summed E-state index contributed by atoms with van der Waals surface area (Å²) in [6.45, 7) is 14.3. The molecule has 0 spiro atoms. The third kappa shape index (κ3) is 1.92. The molecule has 0 fully saturated rings. The van der Waals surface area contributed by atoms with Crippen molar-refractivity contribution < 1.29 is 0 Å². The van der Waals surface area contributed by atoms with Crippen molar-refractivity contribution in [2.75, 3.05) is 0 Å². The number of hydrogen-bond acceptors (Lipinski definition) is 1. The molecule has 0 amide bonds. The minimum Gasteiger partial charge on any atom is -0.398 e. The molecular formula is C14H21N. The lowest BCUT2D eigenvalue weighted by Gasteiger charge is -2.35. The van der Waals surface area contributed by atoms with Gasteiger partial charge < -0.3 is 5.73 Å². The molecule has 1 aliphatic carbocycles. The second kappa shape index (κ2) is 4.09. The van der Waals surface area contributed by atoms with Gasteiger partial charge in [-0.05, 0) is 30.4 Å². The van der Waals surface area contributed by atoms with Crippen LogP contribution in [-0.4, -0.2) is 0 Å². The Hall–Kier alpha value is -1.24. The highest BCUT2D eigenvalue weighted by Crippen LogP contribution is 2.42. The third-order valence-electron chi connectivity index (χ3n) is 3.55. The summed E-state index contributed by atoms with van der Waals surface area (Å²) < 4.78 is 0. The van der Waals surface area contributed by atoms with Crippen LogP contribution >= 0.6 is 0 Å². The minimum absolute atomic E-state index is 0.0249. The van der Waals surface area contributed by atoms with E-state index in [1.165, 1.54) is 5.57 Å². The zero-order chi connectivity index (χ0) is 11.6. The van der Waals surface area contributed by atoms with Gasteiger partial charge in [0.15, 0.2) is 0 Å². The Kier molecular flexibility index (Phi) is 3.23. The van der Waals surface area contributed by atoms with Crippen molar-refractivity contribution in [3.63, 3.8) is 0 Å². The van der Waals surface area contributed by atoms with Crippen molar-refractivity contribution >= 4 is 0 Å². The summed E-state index contributed by atoms with van der Waals surface area (Å²) in [7, 11) is 0. The van der Waals surface area contributed by atoms with E-state index >= 15 is 0 Å². The first kappa shape index (κ1) is 11.8. The first-order valence-electron chi connectivity index (χ1n) is 5.47. The van der Waals surface area contributed by atoms with Crippen LogP contribution < -0.4 is 5.73 Å². The van der Waals surface area contributed by atoms with E-state index in [2.05, 4.69) is 46.1 Å². The van der Waals surface area contributed by atoms with Gasteiger partial charge in [0.1, 0.15) is 0 Å². The van der Waals surface area contributed by atoms with Crippen LogP contribution in [0.15, 0.2) is 48.2 Å². The molecule has 1 aliphatic rings. The molecule has 0 aliphatic heterocycles. The topological polar surface area (TPSA) is 26.0 Å². The monoisotopic (exact) mass is 203 g/mol. The highest BCUT2D eigenvalue weighted by Gasteiger charge is 2.32. The standard InChI is InChI=1S/C14H21N/c1-6-11(4)14(7-2)8-10(3)12(5)13(15)9-14/h6,8-9,11H,1,5,7,15H2,2-4H3. The van der Waals surface area contributed by atoms with E-state index in [1.807, 2.05) is 6.08 Å². The molecule has 0 saturated carbocycles. The SMILES string of the molecule is C=CC(C)C1(CC)C=C(C)C(=C)C(N)=C1. The number of allylic oxidation sites excluding steroid dienone is 4. The molecule has 1 nitrogen and oxygen atoms in total. The van der Waals surface area contributed by atoms with Gasteiger partial charge in [-0.15, -0.1) is 6.58 Å². The van der Waals surface area contributed by atoms with E-state index < -0.39 is 0 Å². The number of nitrogens with two attached hydrogens (primary N) is 1. The molecule has 1 rings (SSSR count). The molecule has 0 heterocycles. The maximum atomic E-state index is 6.00. The Bertz CT molecular complexity index is 322. The summed E-state index contributed by atoms with van der Waals surface area (Å²) in [5, 5.41) is 0. The van der Waals surface area contributed by atoms with E-state index in [9.17, 15) is 0 Å². The van der Waals surface area contributed by atoms with Gasteiger partial charge in [0.05, 0.1) is 0 Å². The number of hydrogen-bond donors (Lipinski definition) is 1. The van der Waals surface area contributed by atoms with Gasteiger partial charge in [-0.1, -0.05) is 38.7 Å². The maximum absolute atomic E-state index is 6.00. The molecule has 15 heavy (non-hydrogen) atoms. The Morgan fingerprint density at radius 3 is 2.53 bits per heavy atom. The summed E-state index contributed by atoms with van der Waals surface area (Å²) in [4.78, 5) is 0. The maximum Gasteiger partial charge on any atom is 0.0352 e. The normalized spacial score (nSPS) is 28.1. The van der Waals surface area contributed by atoms with E-state index in [1.54, 1.807) is 0 Å². The highest BCUT2D eigenvalue weighted by molar-refractivity contribution is 5.49. The Balaban J connectivity index is 3.23. The third-order valence-corrected chi connectivity index (χ3v) is 3.55. The van der Waals surface area contributed by atoms with E-state index in [-0.39, 0.29) is 5.41 Å². The van der Waals surface area contributed by atoms with E-state index in [4.69, 9.17) is 5.73 Å². The van der Waals surface area contributed by atoms with Gasteiger partial charge in [0.2, 0.25) is 0 Å². The van der Waals surface area contributed by atoms with Crippen LogP contribution in [0.25, 0.3) is 0 Å². The predicted octanol–water partition coefficient (Wildman–Crippen LogP) is 3.56. The molecule has 2 unspecified atom stereocenters. The van der Waals surface area contributed by atoms with Gasteiger partial charge in [-0.2, -0.15) is 0 Å². The van der Waals surface area contributed by atoms with Crippen molar-refractivity contribution in [2.24, 2.45) is 17.1 Å². The molecule has 2 N–H and O–H groups in total. The van der Waals surface area contributed by atoms with Crippen LogP contribution in [0.3, 0.4) is 0 Å². The fourth-order valence-corrected chi connectivity index (χ4v) is 2.14. The molecule has 82 valence electrons. The molecule has 1 heteroatoms. The Morgan fingerprint density at radius 1 is 1.53 bits per heavy atom. The van der Waals surface area contributed by atoms with Crippen molar-refractivity contribution in [2.45, 2.75) is 27.2 Å². The molecule has 0 saturated heterocycles. The van der Waals surface area contributed by atoms with Crippen molar-refractivity contribution in [1.82, 2.24) is 0 Å². The van der Waals surface area contributed by atoms with E-state index in [0.29, 0.717) is 5.92 Å². The van der Waals surface area contributed by atoms with Crippen LogP contribution in [0.2, 0.25) is 0 Å². The van der Waals surface area contributed by atoms with Crippen LogP contribution in [0.5, 0.6) is 0 Å². The first-order valence-corrected chi connectivity index (χ1v) is 5.47. The summed E-state index contributed by atoms with van der Waals surface area (Å²) in [6.07, 6.45) is 7.43. The summed E-state index contributed by atoms with van der Waals surface area (Å²) in [5.41, 5.74) is 8.97. The molecule has 0 aromatic rings. The van der Waals surface area contributed by atoms with Crippen molar-refractivity contribution in [1.29, 1.82) is 0 Å². The van der Waals surface area contributed by atoms with Gasteiger partial charge in [0, 0.05) is 11.1 Å². The summed E-state index contributed by atoms with van der Waals surface area (Å²) >= 11 is 0. The van der Waals surface area contributed by atoms with Gasteiger partial charge in [-0.25, -0.2) is 0 Å². The molecule has 0 radical (unpaired) electrons. The first-order chi connectivity index (χ1) is 6.96. The predicted molar refractivity (Wildman–Crippen MR) is 67.3 cm³/mol. The van der Waals surface area contributed by atoms with E-state index in [0.717, 1.165) is 17.7 Å². The fraction of sp³-hybridized carbons (Fsp3) is 0.429. The largest absolute Gasteiger partial charge is 0.398 e. The van der Waals surface area contributed by atoms with Crippen LogP contribution in [-0.2, 0) is 0 Å². The zero-order valence-electron chi connectivity index (χ0n) is 10.0. The van der Waals surface area contributed by atoms with Gasteiger partial charge >= 0.3 is 0 Å². The summed E-state index contributed by atoms with van der Waals surface area (Å²) in [6, 6.07) is 0. The quantitative estimate of drug-likeness (QED) is 0.697. The summed E-state index contributed by atoms with van der Waals surface area (Å²) in [5.74, 6) is 0.393. The lowest BCUT2D eigenvalue weighted by molar-refractivity contribution is 0.362. The smallest absolute Gasteiger partial charge is 0.0352 e. The molecule has 0 bridgehead atoms.